The lowest BCUT2D eigenvalue weighted by Gasteiger charge is -2.16. The number of hydrogen-bond donors (Lipinski definition) is 2. The summed E-state index contributed by atoms with van der Waals surface area (Å²) in [5.41, 5.74) is 3.91. The Labute approximate surface area is 168 Å². The standard InChI is InChI=1S/C23H20FN3O2/c24-20-9-6-18-14-27(15-19(18)12-20)23(29)26-21-10-7-17(8-11-21)22(28)25-13-16-4-2-1-3-5-16/h1-12H,13-15H2,(H,25,28)(H,26,29). The van der Waals surface area contributed by atoms with Crippen LogP contribution in [0.5, 0.6) is 0 Å². The summed E-state index contributed by atoms with van der Waals surface area (Å²) in [6.07, 6.45) is 0. The second-order valence-corrected chi connectivity index (χ2v) is 6.94. The SMILES string of the molecule is O=C(NCc1ccccc1)c1ccc(NC(=O)N2Cc3ccc(F)cc3C2)cc1. The number of fused-ring (bicyclic) bond motifs is 1. The van der Waals surface area contributed by atoms with Crippen molar-refractivity contribution in [1.82, 2.24) is 10.2 Å². The first-order chi connectivity index (χ1) is 14.1. The largest absolute Gasteiger partial charge is 0.348 e. The maximum absolute atomic E-state index is 13.3. The zero-order chi connectivity index (χ0) is 20.2. The Morgan fingerprint density at radius 1 is 0.897 bits per heavy atom. The molecule has 0 saturated carbocycles. The number of hydrogen-bond acceptors (Lipinski definition) is 2. The molecule has 29 heavy (non-hydrogen) atoms. The van der Waals surface area contributed by atoms with E-state index in [4.69, 9.17) is 0 Å². The van der Waals surface area contributed by atoms with Crippen LogP contribution in [0.15, 0.2) is 72.8 Å². The molecule has 3 aromatic carbocycles. The highest BCUT2D eigenvalue weighted by Gasteiger charge is 2.23. The molecule has 0 spiro atoms. The number of nitrogens with one attached hydrogen (secondary N) is 2. The fraction of sp³-hybridized carbons (Fsp3) is 0.130. The van der Waals surface area contributed by atoms with Crippen LogP contribution in [0.4, 0.5) is 14.9 Å². The molecule has 0 bridgehead atoms. The summed E-state index contributed by atoms with van der Waals surface area (Å²) in [5.74, 6) is -0.476. The van der Waals surface area contributed by atoms with Crippen molar-refractivity contribution in [2.45, 2.75) is 19.6 Å². The summed E-state index contributed by atoms with van der Waals surface area (Å²) in [6.45, 7) is 1.27. The molecule has 3 aromatic rings. The quantitative estimate of drug-likeness (QED) is 0.699. The Morgan fingerprint density at radius 3 is 2.38 bits per heavy atom. The molecule has 1 heterocycles. The molecule has 0 unspecified atom stereocenters. The van der Waals surface area contributed by atoms with Gasteiger partial charge in [0.25, 0.3) is 5.91 Å². The van der Waals surface area contributed by atoms with Gasteiger partial charge in [0.1, 0.15) is 5.82 Å². The molecule has 3 amide bonds. The van der Waals surface area contributed by atoms with Crippen molar-refractivity contribution in [3.05, 3.63) is 101 Å². The van der Waals surface area contributed by atoms with Gasteiger partial charge in [0, 0.05) is 30.9 Å². The molecule has 0 aromatic heterocycles. The van der Waals surface area contributed by atoms with Crippen LogP contribution in [-0.4, -0.2) is 16.8 Å². The van der Waals surface area contributed by atoms with Crippen molar-refractivity contribution in [1.29, 1.82) is 0 Å². The van der Waals surface area contributed by atoms with Gasteiger partial charge in [-0.2, -0.15) is 0 Å². The van der Waals surface area contributed by atoms with Crippen LogP contribution in [0.2, 0.25) is 0 Å². The molecular weight excluding hydrogens is 369 g/mol. The molecule has 0 saturated heterocycles. The predicted octanol–water partition coefficient (Wildman–Crippen LogP) is 4.30. The van der Waals surface area contributed by atoms with Gasteiger partial charge in [0.2, 0.25) is 0 Å². The lowest BCUT2D eigenvalue weighted by Crippen LogP contribution is -2.30. The highest BCUT2D eigenvalue weighted by atomic mass is 19.1. The van der Waals surface area contributed by atoms with Crippen molar-refractivity contribution in [3.63, 3.8) is 0 Å². The molecule has 5 nitrogen and oxygen atoms in total. The van der Waals surface area contributed by atoms with Gasteiger partial charge < -0.3 is 15.5 Å². The van der Waals surface area contributed by atoms with E-state index in [1.807, 2.05) is 30.3 Å². The van der Waals surface area contributed by atoms with E-state index >= 15 is 0 Å². The number of carbonyl (C=O) groups excluding carboxylic acids is 2. The molecule has 2 N–H and O–H groups in total. The second kappa shape index (κ2) is 8.14. The van der Waals surface area contributed by atoms with Crippen LogP contribution >= 0.6 is 0 Å². The van der Waals surface area contributed by atoms with E-state index < -0.39 is 0 Å². The molecule has 1 aliphatic rings. The number of amides is 3. The maximum atomic E-state index is 13.3. The molecule has 4 rings (SSSR count). The van der Waals surface area contributed by atoms with Crippen LogP contribution in [-0.2, 0) is 19.6 Å². The summed E-state index contributed by atoms with van der Waals surface area (Å²) < 4.78 is 13.3. The van der Waals surface area contributed by atoms with Crippen LogP contribution in [0.1, 0.15) is 27.0 Å². The van der Waals surface area contributed by atoms with E-state index in [1.54, 1.807) is 35.2 Å². The minimum atomic E-state index is -0.299. The van der Waals surface area contributed by atoms with Crippen LogP contribution in [0, 0.1) is 5.82 Å². The van der Waals surface area contributed by atoms with Gasteiger partial charge in [-0.25, -0.2) is 9.18 Å². The van der Waals surface area contributed by atoms with Crippen molar-refractivity contribution < 1.29 is 14.0 Å². The first-order valence-corrected chi connectivity index (χ1v) is 9.34. The highest BCUT2D eigenvalue weighted by molar-refractivity contribution is 5.95. The molecule has 6 heteroatoms. The van der Waals surface area contributed by atoms with Gasteiger partial charge in [-0.3, -0.25) is 4.79 Å². The Hall–Kier alpha value is -3.67. The minimum absolute atomic E-state index is 0.177. The van der Waals surface area contributed by atoms with E-state index in [1.165, 1.54) is 12.1 Å². The number of rotatable bonds is 4. The average Bonchev–Trinajstić information content (AvgIpc) is 3.17. The zero-order valence-corrected chi connectivity index (χ0v) is 15.7. The van der Waals surface area contributed by atoms with Crippen molar-refractivity contribution >= 4 is 17.6 Å². The first kappa shape index (κ1) is 18.7. The van der Waals surface area contributed by atoms with Gasteiger partial charge in [0.15, 0.2) is 0 Å². The van der Waals surface area contributed by atoms with Crippen LogP contribution in [0.25, 0.3) is 0 Å². The van der Waals surface area contributed by atoms with Gasteiger partial charge in [0.05, 0.1) is 0 Å². The number of carbonyl (C=O) groups is 2. The van der Waals surface area contributed by atoms with Crippen LogP contribution in [0.3, 0.4) is 0 Å². The van der Waals surface area contributed by atoms with Crippen molar-refractivity contribution in [2.24, 2.45) is 0 Å². The summed E-state index contributed by atoms with van der Waals surface area (Å²) in [4.78, 5) is 26.4. The topological polar surface area (TPSA) is 61.4 Å². The van der Waals surface area contributed by atoms with Gasteiger partial charge in [-0.15, -0.1) is 0 Å². The van der Waals surface area contributed by atoms with Crippen LogP contribution < -0.4 is 10.6 Å². The summed E-state index contributed by atoms with van der Waals surface area (Å²) >= 11 is 0. The van der Waals surface area contributed by atoms with Gasteiger partial charge in [-0.1, -0.05) is 36.4 Å². The highest BCUT2D eigenvalue weighted by Crippen LogP contribution is 2.24. The monoisotopic (exact) mass is 389 g/mol. The summed E-state index contributed by atoms with van der Waals surface area (Å²) in [6, 6.07) is 20.7. The fourth-order valence-electron chi connectivity index (χ4n) is 3.29. The Bertz CT molecular complexity index is 1040. The van der Waals surface area contributed by atoms with Gasteiger partial charge in [-0.05, 0) is 53.1 Å². The number of urea groups is 1. The lowest BCUT2D eigenvalue weighted by molar-refractivity contribution is 0.0951. The van der Waals surface area contributed by atoms with Crippen molar-refractivity contribution in [3.8, 4) is 0 Å². The fourth-order valence-corrected chi connectivity index (χ4v) is 3.29. The summed E-state index contributed by atoms with van der Waals surface area (Å²) in [7, 11) is 0. The van der Waals surface area contributed by atoms with E-state index in [2.05, 4.69) is 10.6 Å². The van der Waals surface area contributed by atoms with Crippen molar-refractivity contribution in [2.75, 3.05) is 5.32 Å². The predicted molar refractivity (Wildman–Crippen MR) is 109 cm³/mol. The number of anilines is 1. The molecule has 0 atom stereocenters. The molecule has 0 radical (unpaired) electrons. The Kier molecular flexibility index (Phi) is 5.24. The first-order valence-electron chi connectivity index (χ1n) is 9.34. The Balaban J connectivity index is 1.32. The minimum Gasteiger partial charge on any atom is -0.348 e. The molecule has 0 fully saturated rings. The van der Waals surface area contributed by atoms with Gasteiger partial charge >= 0.3 is 6.03 Å². The van der Waals surface area contributed by atoms with E-state index in [0.29, 0.717) is 30.9 Å². The molecule has 146 valence electrons. The maximum Gasteiger partial charge on any atom is 0.322 e. The number of benzene rings is 3. The molecular formula is C23H20FN3O2. The third-order valence-corrected chi connectivity index (χ3v) is 4.87. The third-order valence-electron chi connectivity index (χ3n) is 4.87. The Morgan fingerprint density at radius 2 is 1.62 bits per heavy atom. The van der Waals surface area contributed by atoms with E-state index in [-0.39, 0.29) is 17.8 Å². The number of nitrogens with zero attached hydrogens (tertiary/aromatic N) is 1. The average molecular weight is 389 g/mol. The zero-order valence-electron chi connectivity index (χ0n) is 15.7. The normalized spacial score (nSPS) is 12.4. The third kappa shape index (κ3) is 4.43. The smallest absolute Gasteiger partial charge is 0.322 e. The molecule has 1 aliphatic heterocycles. The lowest BCUT2D eigenvalue weighted by atomic mass is 10.1. The van der Waals surface area contributed by atoms with E-state index in [9.17, 15) is 14.0 Å². The van der Waals surface area contributed by atoms with E-state index in [0.717, 1.165) is 16.7 Å². The summed E-state index contributed by atoms with van der Waals surface area (Å²) in [5, 5.41) is 5.69. The second-order valence-electron chi connectivity index (χ2n) is 6.94. The number of halogens is 1. The molecule has 0 aliphatic carbocycles.